The van der Waals surface area contributed by atoms with Crippen LogP contribution in [0.15, 0.2) is 72.8 Å². The Kier molecular flexibility index (Phi) is 9.14. The van der Waals surface area contributed by atoms with Gasteiger partial charge in [0.05, 0.1) is 31.1 Å². The molecule has 1 N–H and O–H groups in total. The lowest BCUT2D eigenvalue weighted by molar-refractivity contribution is -0.137. The number of carbonyl (C=O) groups is 1. The minimum Gasteiger partial charge on any atom is -0.495 e. The highest BCUT2D eigenvalue weighted by Gasteiger charge is 2.30. The maximum Gasteiger partial charge on any atom is 0.416 e. The van der Waals surface area contributed by atoms with E-state index < -0.39 is 11.7 Å². The molecule has 202 valence electrons. The SMILES string of the molecule is COc1ccccc1NC(=O)N1CCN(C[C@H](OCc2ccc(C(F)(F)F)cc2)c2ccc(Cl)cc2)CC1. The molecule has 0 aliphatic carbocycles. The molecule has 1 aliphatic rings. The van der Waals surface area contributed by atoms with Gasteiger partial charge in [-0.15, -0.1) is 0 Å². The molecule has 0 bridgehead atoms. The van der Waals surface area contributed by atoms with Crippen molar-refractivity contribution in [3.63, 3.8) is 0 Å². The Hall–Kier alpha value is -3.27. The summed E-state index contributed by atoms with van der Waals surface area (Å²) in [5.74, 6) is 0.593. The predicted octanol–water partition coefficient (Wildman–Crippen LogP) is 6.48. The van der Waals surface area contributed by atoms with Crippen LogP contribution in [0.3, 0.4) is 0 Å². The fraction of sp³-hybridized carbons (Fsp3) is 0.321. The van der Waals surface area contributed by atoms with E-state index in [1.165, 1.54) is 12.1 Å². The Morgan fingerprint density at radius 2 is 1.63 bits per heavy atom. The van der Waals surface area contributed by atoms with Gasteiger partial charge in [0.1, 0.15) is 5.75 Å². The number of amides is 2. The number of para-hydroxylation sites is 2. The fourth-order valence-electron chi connectivity index (χ4n) is 4.23. The van der Waals surface area contributed by atoms with Gasteiger partial charge in [-0.3, -0.25) is 4.90 Å². The van der Waals surface area contributed by atoms with E-state index in [1.807, 2.05) is 24.3 Å². The maximum atomic E-state index is 12.9. The number of anilines is 1. The summed E-state index contributed by atoms with van der Waals surface area (Å²) in [6.07, 6.45) is -4.71. The van der Waals surface area contributed by atoms with E-state index in [2.05, 4.69) is 10.2 Å². The zero-order valence-electron chi connectivity index (χ0n) is 20.9. The van der Waals surface area contributed by atoms with Crippen molar-refractivity contribution in [2.24, 2.45) is 0 Å². The molecule has 0 unspecified atom stereocenters. The van der Waals surface area contributed by atoms with Gasteiger partial charge in [0.25, 0.3) is 0 Å². The lowest BCUT2D eigenvalue weighted by atomic mass is 10.1. The van der Waals surface area contributed by atoms with E-state index in [4.69, 9.17) is 21.1 Å². The third-order valence-electron chi connectivity index (χ3n) is 6.41. The number of hydrogen-bond acceptors (Lipinski definition) is 4. The molecule has 4 rings (SSSR count). The molecule has 0 spiro atoms. The molecule has 3 aromatic carbocycles. The minimum atomic E-state index is -4.38. The quantitative estimate of drug-likeness (QED) is 0.351. The number of nitrogens with zero attached hydrogens (tertiary/aromatic N) is 2. The van der Waals surface area contributed by atoms with Crippen molar-refractivity contribution >= 4 is 23.3 Å². The van der Waals surface area contributed by atoms with Gasteiger partial charge < -0.3 is 19.7 Å². The van der Waals surface area contributed by atoms with Gasteiger partial charge in [-0.2, -0.15) is 13.2 Å². The smallest absolute Gasteiger partial charge is 0.416 e. The number of halogens is 4. The molecule has 6 nitrogen and oxygen atoms in total. The molecular formula is C28H29ClF3N3O3. The van der Waals surface area contributed by atoms with Crippen LogP contribution >= 0.6 is 11.6 Å². The number of urea groups is 1. The maximum absolute atomic E-state index is 12.9. The van der Waals surface area contributed by atoms with Crippen LogP contribution in [0.25, 0.3) is 0 Å². The normalized spacial score (nSPS) is 15.2. The standard InChI is InChI=1S/C28H29ClF3N3O3/c1-37-25-5-3-2-4-24(25)33-27(36)35-16-14-34(15-17-35)18-26(21-8-12-23(29)13-9-21)38-19-20-6-10-22(11-7-20)28(30,31)32/h2-13,26H,14-19H2,1H3,(H,33,36)/t26-/m0/s1. The van der Waals surface area contributed by atoms with Gasteiger partial charge in [-0.1, -0.05) is 48.0 Å². The molecule has 1 aliphatic heterocycles. The second-order valence-electron chi connectivity index (χ2n) is 8.96. The molecule has 1 heterocycles. The first kappa shape index (κ1) is 27.8. The molecule has 0 saturated carbocycles. The molecule has 10 heteroatoms. The van der Waals surface area contributed by atoms with Crippen molar-refractivity contribution in [3.05, 3.63) is 94.5 Å². The predicted molar refractivity (Wildman–Crippen MR) is 140 cm³/mol. The second kappa shape index (κ2) is 12.5. The van der Waals surface area contributed by atoms with Crippen molar-refractivity contribution < 1.29 is 27.4 Å². The highest BCUT2D eigenvalue weighted by atomic mass is 35.5. The molecule has 1 atom stereocenters. The van der Waals surface area contributed by atoms with Crippen molar-refractivity contribution in [1.29, 1.82) is 0 Å². The van der Waals surface area contributed by atoms with Crippen LogP contribution in [-0.2, 0) is 17.5 Å². The second-order valence-corrected chi connectivity index (χ2v) is 9.40. The molecular weight excluding hydrogens is 519 g/mol. The Labute approximate surface area is 224 Å². The molecule has 1 fully saturated rings. The number of methoxy groups -OCH3 is 1. The van der Waals surface area contributed by atoms with E-state index in [0.717, 1.165) is 17.7 Å². The lowest BCUT2D eigenvalue weighted by Gasteiger charge is -2.36. The van der Waals surface area contributed by atoms with E-state index in [1.54, 1.807) is 36.3 Å². The molecule has 0 aromatic heterocycles. The number of nitrogens with one attached hydrogen (secondary N) is 1. The van der Waals surface area contributed by atoms with Crippen LogP contribution in [0.2, 0.25) is 5.02 Å². The summed E-state index contributed by atoms with van der Waals surface area (Å²) in [5, 5.41) is 3.51. The van der Waals surface area contributed by atoms with Crippen LogP contribution in [-0.4, -0.2) is 55.7 Å². The summed E-state index contributed by atoms with van der Waals surface area (Å²) in [4.78, 5) is 16.8. The summed E-state index contributed by atoms with van der Waals surface area (Å²) in [6, 6.07) is 19.4. The van der Waals surface area contributed by atoms with Gasteiger partial charge in [-0.25, -0.2) is 4.79 Å². The van der Waals surface area contributed by atoms with E-state index in [0.29, 0.717) is 54.7 Å². The number of alkyl halides is 3. The van der Waals surface area contributed by atoms with E-state index in [9.17, 15) is 18.0 Å². The number of hydrogen-bond donors (Lipinski definition) is 1. The Morgan fingerprint density at radius 1 is 0.974 bits per heavy atom. The van der Waals surface area contributed by atoms with E-state index >= 15 is 0 Å². The van der Waals surface area contributed by atoms with Gasteiger partial charge in [0.15, 0.2) is 0 Å². The van der Waals surface area contributed by atoms with Gasteiger partial charge in [-0.05, 0) is 47.5 Å². The molecule has 38 heavy (non-hydrogen) atoms. The molecule has 0 radical (unpaired) electrons. The summed E-state index contributed by atoms with van der Waals surface area (Å²) in [5.41, 5.74) is 1.48. The molecule has 3 aromatic rings. The fourth-order valence-corrected chi connectivity index (χ4v) is 4.35. The third-order valence-corrected chi connectivity index (χ3v) is 6.66. The van der Waals surface area contributed by atoms with Gasteiger partial charge in [0.2, 0.25) is 0 Å². The Bertz CT molecular complexity index is 1200. The zero-order chi connectivity index (χ0) is 27.1. The lowest BCUT2D eigenvalue weighted by Crippen LogP contribution is -2.50. The average molecular weight is 548 g/mol. The minimum absolute atomic E-state index is 0.159. The first-order valence-corrected chi connectivity index (χ1v) is 12.6. The molecule has 1 saturated heterocycles. The highest BCUT2D eigenvalue weighted by Crippen LogP contribution is 2.30. The van der Waals surface area contributed by atoms with Crippen molar-refractivity contribution in [3.8, 4) is 5.75 Å². The third kappa shape index (κ3) is 7.40. The van der Waals surface area contributed by atoms with Crippen molar-refractivity contribution in [2.75, 3.05) is 45.2 Å². The van der Waals surface area contributed by atoms with Gasteiger partial charge in [0, 0.05) is 37.7 Å². The largest absolute Gasteiger partial charge is 0.495 e. The summed E-state index contributed by atoms with van der Waals surface area (Å²) < 4.78 is 50.2. The van der Waals surface area contributed by atoms with Gasteiger partial charge >= 0.3 is 12.2 Å². The highest BCUT2D eigenvalue weighted by molar-refractivity contribution is 6.30. The monoisotopic (exact) mass is 547 g/mol. The van der Waals surface area contributed by atoms with Crippen LogP contribution in [0.4, 0.5) is 23.7 Å². The first-order valence-electron chi connectivity index (χ1n) is 12.2. The number of ether oxygens (including phenoxy) is 2. The zero-order valence-corrected chi connectivity index (χ0v) is 21.6. The summed E-state index contributed by atoms with van der Waals surface area (Å²) in [7, 11) is 1.56. The number of carbonyl (C=O) groups excluding carboxylic acids is 1. The van der Waals surface area contributed by atoms with Crippen LogP contribution in [0.1, 0.15) is 22.8 Å². The average Bonchev–Trinajstić information content (AvgIpc) is 2.92. The van der Waals surface area contributed by atoms with Crippen LogP contribution in [0.5, 0.6) is 5.75 Å². The Balaban J connectivity index is 1.36. The molecule has 2 amide bonds. The van der Waals surface area contributed by atoms with Crippen molar-refractivity contribution in [1.82, 2.24) is 9.80 Å². The number of benzene rings is 3. The topological polar surface area (TPSA) is 54.0 Å². The van der Waals surface area contributed by atoms with Crippen LogP contribution < -0.4 is 10.1 Å². The first-order chi connectivity index (χ1) is 18.2. The summed E-state index contributed by atoms with van der Waals surface area (Å²) >= 11 is 6.06. The number of rotatable bonds is 8. The van der Waals surface area contributed by atoms with E-state index in [-0.39, 0.29) is 18.7 Å². The Morgan fingerprint density at radius 3 is 2.26 bits per heavy atom. The van der Waals surface area contributed by atoms with Crippen LogP contribution in [0, 0.1) is 0 Å². The van der Waals surface area contributed by atoms with Crippen molar-refractivity contribution in [2.45, 2.75) is 18.9 Å². The summed E-state index contributed by atoms with van der Waals surface area (Å²) in [6.45, 7) is 3.08. The number of piperazine rings is 1.